The number of aromatic amines is 1. The molecule has 0 saturated carbocycles. The molecule has 3 aromatic rings. The zero-order chi connectivity index (χ0) is 15.0. The van der Waals surface area contributed by atoms with Crippen molar-refractivity contribution in [1.82, 2.24) is 9.97 Å². The number of rotatable bonds is 3. The molecule has 108 valence electrons. The van der Waals surface area contributed by atoms with E-state index in [1.807, 2.05) is 38.1 Å². The maximum atomic E-state index is 12.2. The fourth-order valence-electron chi connectivity index (χ4n) is 2.34. The Balaban J connectivity index is 1.99. The molecule has 0 spiro atoms. The lowest BCUT2D eigenvalue weighted by Crippen LogP contribution is -2.11. The lowest BCUT2D eigenvalue weighted by Gasteiger charge is -2.03. The second-order valence-electron chi connectivity index (χ2n) is 5.13. The Morgan fingerprint density at radius 2 is 1.86 bits per heavy atom. The van der Waals surface area contributed by atoms with E-state index in [2.05, 4.69) is 9.97 Å². The van der Waals surface area contributed by atoms with Gasteiger partial charge in [-0.1, -0.05) is 24.3 Å². The van der Waals surface area contributed by atoms with Crippen LogP contribution in [-0.4, -0.2) is 15.1 Å². The predicted octanol–water partition coefficient (Wildman–Crippen LogP) is 2.68. The molecule has 0 atom stereocenters. The molecule has 0 bridgehead atoms. The van der Waals surface area contributed by atoms with E-state index >= 15 is 0 Å². The summed E-state index contributed by atoms with van der Waals surface area (Å²) >= 11 is 1.56. The zero-order valence-electron chi connectivity index (χ0n) is 11.9. The van der Waals surface area contributed by atoms with Crippen LogP contribution in [0.15, 0.2) is 29.1 Å². The molecule has 2 N–H and O–H groups in total. The molecule has 0 aliphatic heterocycles. The van der Waals surface area contributed by atoms with E-state index < -0.39 is 0 Å². The highest BCUT2D eigenvalue weighted by atomic mass is 32.1. The molecular weight excluding hydrogens is 284 g/mol. The molecule has 1 aromatic carbocycles. The summed E-state index contributed by atoms with van der Waals surface area (Å²) in [6.07, 6.45) is 0.576. The average Bonchev–Trinajstić information content (AvgIpc) is 2.75. The Morgan fingerprint density at radius 1 is 1.19 bits per heavy atom. The number of benzene rings is 1. The third kappa shape index (κ3) is 2.62. The minimum absolute atomic E-state index is 0.0368. The lowest BCUT2D eigenvalue weighted by molar-refractivity contribution is 0.282. The maximum Gasteiger partial charge on any atom is 0.259 e. The van der Waals surface area contributed by atoms with Gasteiger partial charge in [0, 0.05) is 11.3 Å². The Labute approximate surface area is 126 Å². The highest BCUT2D eigenvalue weighted by Crippen LogP contribution is 2.25. The van der Waals surface area contributed by atoms with Gasteiger partial charge in [-0.25, -0.2) is 4.98 Å². The number of aromatic nitrogens is 2. The number of fused-ring (bicyclic) bond motifs is 1. The molecule has 0 aliphatic rings. The van der Waals surface area contributed by atoms with E-state index in [0.717, 1.165) is 26.4 Å². The molecule has 2 aromatic heterocycles. The first kappa shape index (κ1) is 14.0. The Hall–Kier alpha value is -1.98. The summed E-state index contributed by atoms with van der Waals surface area (Å²) in [7, 11) is 0. The van der Waals surface area contributed by atoms with Crippen LogP contribution in [0.4, 0.5) is 0 Å². The molecular formula is C16H16N2O2S. The average molecular weight is 300 g/mol. The second-order valence-corrected chi connectivity index (χ2v) is 6.33. The van der Waals surface area contributed by atoms with Crippen molar-refractivity contribution in [2.75, 3.05) is 0 Å². The van der Waals surface area contributed by atoms with Crippen LogP contribution in [0.1, 0.15) is 27.4 Å². The van der Waals surface area contributed by atoms with Crippen LogP contribution in [0.2, 0.25) is 0 Å². The first-order valence-corrected chi connectivity index (χ1v) is 7.57. The molecule has 0 aliphatic carbocycles. The third-order valence-corrected chi connectivity index (χ3v) is 4.77. The van der Waals surface area contributed by atoms with Gasteiger partial charge in [0.15, 0.2) is 0 Å². The smallest absolute Gasteiger partial charge is 0.259 e. The van der Waals surface area contributed by atoms with Crippen molar-refractivity contribution in [3.8, 4) is 0 Å². The number of H-pyrrole nitrogens is 1. The highest BCUT2D eigenvalue weighted by Gasteiger charge is 2.11. The SMILES string of the molecule is Cc1sc2nc(Cc3ccc(CO)cc3)[nH]c(=O)c2c1C. The molecule has 4 nitrogen and oxygen atoms in total. The van der Waals surface area contributed by atoms with E-state index in [1.165, 1.54) is 0 Å². The number of aliphatic hydroxyl groups excluding tert-OH is 1. The number of nitrogens with one attached hydrogen (secondary N) is 1. The minimum Gasteiger partial charge on any atom is -0.392 e. The fourth-order valence-corrected chi connectivity index (χ4v) is 3.39. The fraction of sp³-hybridized carbons (Fsp3) is 0.250. The van der Waals surface area contributed by atoms with Crippen molar-refractivity contribution in [1.29, 1.82) is 0 Å². The van der Waals surface area contributed by atoms with Gasteiger partial charge in [0.2, 0.25) is 0 Å². The van der Waals surface area contributed by atoms with Crippen LogP contribution >= 0.6 is 11.3 Å². The van der Waals surface area contributed by atoms with Gasteiger partial charge in [-0.05, 0) is 30.5 Å². The molecule has 0 saturated heterocycles. The van der Waals surface area contributed by atoms with Gasteiger partial charge in [-0.15, -0.1) is 11.3 Å². The van der Waals surface area contributed by atoms with Crippen molar-refractivity contribution in [3.63, 3.8) is 0 Å². The summed E-state index contributed by atoms with van der Waals surface area (Å²) in [5.74, 6) is 0.672. The molecule has 5 heteroatoms. The molecule has 2 heterocycles. The highest BCUT2D eigenvalue weighted by molar-refractivity contribution is 7.18. The summed E-state index contributed by atoms with van der Waals surface area (Å²) < 4.78 is 0. The summed E-state index contributed by atoms with van der Waals surface area (Å²) in [5, 5.41) is 9.75. The standard InChI is InChI=1S/C16H16N2O2S/c1-9-10(2)21-16-14(9)15(20)17-13(18-16)7-11-3-5-12(8-19)6-4-11/h3-6,19H,7-8H2,1-2H3,(H,17,18,20). The molecule has 0 amide bonds. The normalized spacial score (nSPS) is 11.2. The van der Waals surface area contributed by atoms with Crippen LogP contribution in [0.3, 0.4) is 0 Å². The van der Waals surface area contributed by atoms with Crippen molar-refractivity contribution in [2.45, 2.75) is 26.9 Å². The van der Waals surface area contributed by atoms with Crippen LogP contribution in [0.25, 0.3) is 10.2 Å². The third-order valence-electron chi connectivity index (χ3n) is 3.67. The van der Waals surface area contributed by atoms with Crippen LogP contribution < -0.4 is 5.56 Å². The number of hydrogen-bond donors (Lipinski definition) is 2. The Kier molecular flexibility index (Phi) is 3.61. The Bertz CT molecular complexity index is 847. The summed E-state index contributed by atoms with van der Waals surface area (Å²) in [5.41, 5.74) is 2.88. The van der Waals surface area contributed by atoms with E-state index in [1.54, 1.807) is 11.3 Å². The first-order chi connectivity index (χ1) is 10.1. The Morgan fingerprint density at radius 3 is 2.52 bits per heavy atom. The van der Waals surface area contributed by atoms with E-state index in [4.69, 9.17) is 5.11 Å². The van der Waals surface area contributed by atoms with E-state index in [-0.39, 0.29) is 12.2 Å². The molecule has 0 unspecified atom stereocenters. The monoisotopic (exact) mass is 300 g/mol. The summed E-state index contributed by atoms with van der Waals surface area (Å²) in [4.78, 5) is 21.6. The van der Waals surface area contributed by atoms with Crippen LogP contribution in [0.5, 0.6) is 0 Å². The van der Waals surface area contributed by atoms with Crippen molar-refractivity contribution < 1.29 is 5.11 Å². The lowest BCUT2D eigenvalue weighted by atomic mass is 10.1. The van der Waals surface area contributed by atoms with Gasteiger partial charge in [0.1, 0.15) is 10.7 Å². The van der Waals surface area contributed by atoms with Crippen LogP contribution in [0, 0.1) is 13.8 Å². The van der Waals surface area contributed by atoms with Crippen LogP contribution in [-0.2, 0) is 13.0 Å². The van der Waals surface area contributed by atoms with E-state index in [0.29, 0.717) is 17.6 Å². The second kappa shape index (κ2) is 5.42. The van der Waals surface area contributed by atoms with Gasteiger partial charge < -0.3 is 10.1 Å². The number of hydrogen-bond acceptors (Lipinski definition) is 4. The minimum atomic E-state index is -0.0659. The summed E-state index contributed by atoms with van der Waals surface area (Å²) in [6, 6.07) is 7.65. The number of thiophene rings is 1. The largest absolute Gasteiger partial charge is 0.392 e. The zero-order valence-corrected chi connectivity index (χ0v) is 12.8. The summed E-state index contributed by atoms with van der Waals surface area (Å²) in [6.45, 7) is 4.00. The number of aryl methyl sites for hydroxylation is 2. The molecule has 0 fully saturated rings. The van der Waals surface area contributed by atoms with Crippen molar-refractivity contribution in [3.05, 3.63) is 62.0 Å². The number of nitrogens with zero attached hydrogens (tertiary/aromatic N) is 1. The quantitative estimate of drug-likeness (QED) is 0.781. The topological polar surface area (TPSA) is 66.0 Å². The van der Waals surface area contributed by atoms with Gasteiger partial charge in [-0.2, -0.15) is 0 Å². The van der Waals surface area contributed by atoms with Gasteiger partial charge in [0.25, 0.3) is 5.56 Å². The number of aliphatic hydroxyl groups is 1. The molecule has 0 radical (unpaired) electrons. The van der Waals surface area contributed by atoms with Gasteiger partial charge in [-0.3, -0.25) is 4.79 Å². The van der Waals surface area contributed by atoms with E-state index in [9.17, 15) is 4.79 Å². The molecule has 3 rings (SSSR count). The van der Waals surface area contributed by atoms with Gasteiger partial charge >= 0.3 is 0 Å². The predicted molar refractivity (Wildman–Crippen MR) is 84.9 cm³/mol. The maximum absolute atomic E-state index is 12.2. The van der Waals surface area contributed by atoms with Gasteiger partial charge in [0.05, 0.1) is 12.0 Å². The molecule has 21 heavy (non-hydrogen) atoms. The van der Waals surface area contributed by atoms with Crippen molar-refractivity contribution >= 4 is 21.6 Å². The van der Waals surface area contributed by atoms with Crippen molar-refractivity contribution in [2.24, 2.45) is 0 Å². The first-order valence-electron chi connectivity index (χ1n) is 6.76.